The maximum atomic E-state index is 12.5. The van der Waals surface area contributed by atoms with Crippen molar-refractivity contribution in [2.45, 2.75) is 4.90 Å². The van der Waals surface area contributed by atoms with Crippen LogP contribution in [-0.4, -0.2) is 26.0 Å². The third-order valence-electron chi connectivity index (χ3n) is 3.56. The largest absolute Gasteiger partial charge is 0.283 e. The van der Waals surface area contributed by atoms with Gasteiger partial charge in [0.1, 0.15) is 0 Å². The van der Waals surface area contributed by atoms with Crippen molar-refractivity contribution in [3.05, 3.63) is 70.7 Å². The number of rotatable bonds is 4. The number of hydrogen-bond acceptors (Lipinski definition) is 3. The molecule has 0 saturated carbocycles. The zero-order chi connectivity index (χ0) is 16.3. The molecule has 0 aromatic heterocycles. The van der Waals surface area contributed by atoms with Crippen LogP contribution in [0.15, 0.2) is 70.0 Å². The number of hydrogen-bond donors (Lipinski definition) is 0. The summed E-state index contributed by atoms with van der Waals surface area (Å²) in [6, 6.07) is 16.3. The lowest BCUT2D eigenvalue weighted by molar-refractivity contribution is -0.0291. The van der Waals surface area contributed by atoms with Gasteiger partial charge in [-0.25, -0.2) is 8.42 Å². The molecule has 1 fully saturated rings. The van der Waals surface area contributed by atoms with Gasteiger partial charge >= 0.3 is 0 Å². The van der Waals surface area contributed by atoms with E-state index in [2.05, 4.69) is 15.9 Å². The summed E-state index contributed by atoms with van der Waals surface area (Å²) in [5.74, 6) is 0.0390. The summed E-state index contributed by atoms with van der Waals surface area (Å²) >= 11 is 3.40. The first-order chi connectivity index (χ1) is 11.1. The van der Waals surface area contributed by atoms with Crippen molar-refractivity contribution in [2.24, 2.45) is 5.92 Å². The molecule has 0 N–H and O–H groups in total. The molecule has 0 amide bonds. The molecule has 1 unspecified atom stereocenters. The molecule has 0 spiro atoms. The molecule has 120 valence electrons. The van der Waals surface area contributed by atoms with E-state index in [-0.39, 0.29) is 10.8 Å². The Morgan fingerprint density at radius 3 is 2.48 bits per heavy atom. The third kappa shape index (κ3) is 3.90. The molecular formula is C17H16BrNO3S. The number of nitrogens with zero attached hydrogens (tertiary/aromatic N) is 1. The highest BCUT2D eigenvalue weighted by Gasteiger charge is 2.32. The third-order valence-corrected chi connectivity index (χ3v) is 5.74. The van der Waals surface area contributed by atoms with Gasteiger partial charge in [0, 0.05) is 16.9 Å². The molecule has 4 nitrogen and oxygen atoms in total. The van der Waals surface area contributed by atoms with E-state index in [0.717, 1.165) is 14.5 Å². The van der Waals surface area contributed by atoms with E-state index in [1.54, 1.807) is 30.3 Å². The van der Waals surface area contributed by atoms with Crippen molar-refractivity contribution in [3.63, 3.8) is 0 Å². The number of benzene rings is 2. The van der Waals surface area contributed by atoms with Crippen molar-refractivity contribution in [2.75, 3.05) is 13.2 Å². The number of hydroxylamine groups is 1. The fourth-order valence-corrected chi connectivity index (χ4v) is 3.88. The Balaban J connectivity index is 1.68. The van der Waals surface area contributed by atoms with E-state index in [0.29, 0.717) is 13.2 Å². The van der Waals surface area contributed by atoms with Gasteiger partial charge in [-0.2, -0.15) is 0 Å². The number of sulfonamides is 1. The first kappa shape index (κ1) is 16.4. The normalized spacial score (nSPS) is 19.4. The molecule has 1 heterocycles. The van der Waals surface area contributed by atoms with Crippen molar-refractivity contribution >= 4 is 32.0 Å². The molecule has 0 aliphatic carbocycles. The first-order valence-electron chi connectivity index (χ1n) is 7.20. The Labute approximate surface area is 144 Å². The van der Waals surface area contributed by atoms with E-state index in [1.165, 1.54) is 0 Å². The highest BCUT2D eigenvalue weighted by atomic mass is 79.9. The lowest BCUT2D eigenvalue weighted by atomic mass is 10.1. The maximum absolute atomic E-state index is 12.5. The molecule has 2 aromatic carbocycles. The quantitative estimate of drug-likeness (QED) is 0.794. The van der Waals surface area contributed by atoms with Gasteiger partial charge in [-0.1, -0.05) is 62.9 Å². The second-order valence-electron chi connectivity index (χ2n) is 5.27. The van der Waals surface area contributed by atoms with Crippen molar-refractivity contribution < 1.29 is 13.3 Å². The van der Waals surface area contributed by atoms with Gasteiger partial charge in [0.25, 0.3) is 10.0 Å². The fourth-order valence-electron chi connectivity index (χ4n) is 2.29. The van der Waals surface area contributed by atoms with Crippen molar-refractivity contribution in [1.82, 2.24) is 4.47 Å². The molecular weight excluding hydrogens is 378 g/mol. The van der Waals surface area contributed by atoms with Gasteiger partial charge in [0.2, 0.25) is 0 Å². The van der Waals surface area contributed by atoms with Crippen LogP contribution in [0, 0.1) is 5.92 Å². The smallest absolute Gasteiger partial charge is 0.265 e. The minimum atomic E-state index is -3.59. The average Bonchev–Trinajstić information content (AvgIpc) is 3.05. The van der Waals surface area contributed by atoms with Crippen molar-refractivity contribution in [3.8, 4) is 0 Å². The standard InChI is InChI=1S/C17H16BrNO3S/c18-16-10-8-14(9-11-16)6-7-15-12-19(22-13-15)23(20,21)17-4-2-1-3-5-17/h1-11,15H,12-13H2/b7-6+. The second-order valence-corrected chi connectivity index (χ2v) is 8.01. The predicted molar refractivity (Wildman–Crippen MR) is 93.0 cm³/mol. The molecule has 0 bridgehead atoms. The highest BCUT2D eigenvalue weighted by molar-refractivity contribution is 9.10. The Kier molecular flexibility index (Phi) is 4.96. The van der Waals surface area contributed by atoms with Crippen LogP contribution < -0.4 is 0 Å². The monoisotopic (exact) mass is 393 g/mol. The minimum absolute atomic E-state index is 0.0390. The molecule has 23 heavy (non-hydrogen) atoms. The van der Waals surface area contributed by atoms with Crippen LogP contribution in [0.1, 0.15) is 5.56 Å². The zero-order valence-corrected chi connectivity index (χ0v) is 14.7. The molecule has 1 aliphatic rings. The zero-order valence-electron chi connectivity index (χ0n) is 12.3. The van der Waals surface area contributed by atoms with E-state index in [4.69, 9.17) is 4.84 Å². The summed E-state index contributed by atoms with van der Waals surface area (Å²) in [4.78, 5) is 5.63. The molecule has 6 heteroatoms. The summed E-state index contributed by atoms with van der Waals surface area (Å²) in [5.41, 5.74) is 1.07. The Bertz CT molecular complexity index is 788. The topological polar surface area (TPSA) is 46.6 Å². The Morgan fingerprint density at radius 2 is 1.78 bits per heavy atom. The highest BCUT2D eigenvalue weighted by Crippen LogP contribution is 2.23. The van der Waals surface area contributed by atoms with Gasteiger partial charge in [-0.3, -0.25) is 4.84 Å². The summed E-state index contributed by atoms with van der Waals surface area (Å²) in [6.07, 6.45) is 3.98. The molecule has 2 aromatic rings. The van der Waals surface area contributed by atoms with Gasteiger partial charge in [0.05, 0.1) is 11.5 Å². The Hall–Kier alpha value is -1.47. The summed E-state index contributed by atoms with van der Waals surface area (Å²) in [5, 5.41) is 0. The SMILES string of the molecule is O=S(=O)(c1ccccc1)N1CC(/C=C/c2ccc(Br)cc2)CO1. The predicted octanol–water partition coefficient (Wildman–Crippen LogP) is 3.71. The second kappa shape index (κ2) is 6.97. The molecule has 3 rings (SSSR count). The number of halogens is 1. The van der Waals surface area contributed by atoms with Crippen LogP contribution in [-0.2, 0) is 14.9 Å². The lowest BCUT2D eigenvalue weighted by Crippen LogP contribution is -2.27. The molecule has 1 atom stereocenters. The van der Waals surface area contributed by atoms with Gasteiger partial charge in [-0.15, -0.1) is 0 Å². The van der Waals surface area contributed by atoms with Crippen LogP contribution in [0.3, 0.4) is 0 Å². The van der Waals surface area contributed by atoms with Gasteiger partial charge in [-0.05, 0) is 29.8 Å². The van der Waals surface area contributed by atoms with E-state index >= 15 is 0 Å². The minimum Gasteiger partial charge on any atom is -0.283 e. The van der Waals surface area contributed by atoms with Crippen LogP contribution >= 0.6 is 15.9 Å². The maximum Gasteiger partial charge on any atom is 0.265 e. The molecule has 1 aliphatic heterocycles. The summed E-state index contributed by atoms with van der Waals surface area (Å²) in [6.45, 7) is 0.684. The van der Waals surface area contributed by atoms with Crippen LogP contribution in [0.5, 0.6) is 0 Å². The van der Waals surface area contributed by atoms with Gasteiger partial charge < -0.3 is 0 Å². The average molecular weight is 394 g/mol. The van der Waals surface area contributed by atoms with E-state index in [9.17, 15) is 8.42 Å². The first-order valence-corrected chi connectivity index (χ1v) is 9.43. The van der Waals surface area contributed by atoms with Crippen molar-refractivity contribution in [1.29, 1.82) is 0 Å². The molecule has 0 radical (unpaired) electrons. The Morgan fingerprint density at radius 1 is 1.09 bits per heavy atom. The van der Waals surface area contributed by atoms with E-state index < -0.39 is 10.0 Å². The van der Waals surface area contributed by atoms with Crippen LogP contribution in [0.4, 0.5) is 0 Å². The fraction of sp³-hybridized carbons (Fsp3) is 0.176. The van der Waals surface area contributed by atoms with Crippen LogP contribution in [0.25, 0.3) is 6.08 Å². The summed E-state index contributed by atoms with van der Waals surface area (Å²) < 4.78 is 27.0. The summed E-state index contributed by atoms with van der Waals surface area (Å²) in [7, 11) is -3.59. The van der Waals surface area contributed by atoms with E-state index in [1.807, 2.05) is 36.4 Å². The lowest BCUT2D eigenvalue weighted by Gasteiger charge is -2.14. The van der Waals surface area contributed by atoms with Crippen LogP contribution in [0.2, 0.25) is 0 Å². The van der Waals surface area contributed by atoms with Gasteiger partial charge in [0.15, 0.2) is 0 Å². The molecule has 1 saturated heterocycles.